The molecule has 110 valence electrons. The quantitative estimate of drug-likeness (QED) is 0.404. The zero-order valence-electron chi connectivity index (χ0n) is 9.62. The van der Waals surface area contributed by atoms with Gasteiger partial charge in [-0.15, -0.1) is 0 Å². The van der Waals surface area contributed by atoms with Gasteiger partial charge in [-0.1, -0.05) is 34.8 Å². The molecular weight excluding hydrogens is 322 g/mol. The van der Waals surface area contributed by atoms with Gasteiger partial charge >= 0.3 is 6.09 Å². The molecule has 0 aliphatic rings. The third kappa shape index (κ3) is 10.6. The molecule has 0 unspecified atom stereocenters. The maximum absolute atomic E-state index is 11.3. The van der Waals surface area contributed by atoms with E-state index in [0.29, 0.717) is 0 Å². The van der Waals surface area contributed by atoms with Gasteiger partial charge in [-0.2, -0.15) is 0 Å². The Bertz CT molecular complexity index is 347. The molecule has 0 heterocycles. The molecule has 11 heteroatoms. The van der Waals surface area contributed by atoms with Crippen LogP contribution in [0, 0.1) is 0 Å². The molecule has 3 amide bonds. The summed E-state index contributed by atoms with van der Waals surface area (Å²) in [5, 5.41) is 0. The third-order valence-corrected chi connectivity index (χ3v) is 2.02. The molecule has 0 radical (unpaired) electrons. The summed E-state index contributed by atoms with van der Waals surface area (Å²) in [6.07, 6.45) is -1.03. The molecule has 0 bridgehead atoms. The minimum absolute atomic E-state index is 0.0477. The van der Waals surface area contributed by atoms with Gasteiger partial charge in [-0.25, -0.2) is 10.2 Å². The SMILES string of the molecule is NC(=O)CC[C@H](N)C(=O)NNC(=O)OCC(Cl)(Cl)Cl. The number of nitrogens with two attached hydrogens (primary N) is 2. The van der Waals surface area contributed by atoms with E-state index in [4.69, 9.17) is 46.3 Å². The molecule has 0 aliphatic heterocycles. The maximum Gasteiger partial charge on any atom is 0.426 e. The minimum Gasteiger partial charge on any atom is -0.444 e. The number of nitrogens with one attached hydrogen (secondary N) is 2. The van der Waals surface area contributed by atoms with Crippen molar-refractivity contribution in [1.29, 1.82) is 0 Å². The normalized spacial score (nSPS) is 12.4. The molecule has 0 saturated heterocycles. The fourth-order valence-corrected chi connectivity index (χ4v) is 0.981. The standard InChI is InChI=1S/C8H13Cl3N4O4/c9-8(10,11)3-19-7(18)15-14-6(17)4(12)1-2-5(13)16/h4H,1-3,12H2,(H2,13,16)(H,14,17)(H,15,18)/t4-/m0/s1. The van der Waals surface area contributed by atoms with E-state index in [9.17, 15) is 14.4 Å². The van der Waals surface area contributed by atoms with Crippen LogP contribution in [0.15, 0.2) is 0 Å². The number of ether oxygens (including phenoxy) is 1. The van der Waals surface area contributed by atoms with Crippen molar-refractivity contribution in [3.8, 4) is 0 Å². The number of halogens is 3. The predicted molar refractivity (Wildman–Crippen MR) is 69.3 cm³/mol. The average molecular weight is 336 g/mol. The molecule has 19 heavy (non-hydrogen) atoms. The number of carbonyl (C=O) groups is 3. The molecular formula is C8H13Cl3N4O4. The van der Waals surface area contributed by atoms with Crippen molar-refractivity contribution in [2.24, 2.45) is 11.5 Å². The number of primary amides is 1. The van der Waals surface area contributed by atoms with Crippen LogP contribution in [0.3, 0.4) is 0 Å². The Morgan fingerprint density at radius 1 is 1.21 bits per heavy atom. The fraction of sp³-hybridized carbons (Fsp3) is 0.625. The smallest absolute Gasteiger partial charge is 0.426 e. The molecule has 0 aliphatic carbocycles. The maximum atomic E-state index is 11.3. The molecule has 0 spiro atoms. The Morgan fingerprint density at radius 2 is 1.79 bits per heavy atom. The van der Waals surface area contributed by atoms with Gasteiger partial charge in [-0.3, -0.25) is 15.0 Å². The number of amides is 3. The van der Waals surface area contributed by atoms with Crippen LogP contribution in [0.5, 0.6) is 0 Å². The molecule has 0 aromatic carbocycles. The zero-order chi connectivity index (χ0) is 15.1. The highest BCUT2D eigenvalue weighted by molar-refractivity contribution is 6.67. The van der Waals surface area contributed by atoms with E-state index < -0.39 is 34.3 Å². The van der Waals surface area contributed by atoms with Crippen LogP contribution in [0.2, 0.25) is 0 Å². The molecule has 0 saturated carbocycles. The Balaban J connectivity index is 3.89. The highest BCUT2D eigenvalue weighted by Crippen LogP contribution is 2.25. The summed E-state index contributed by atoms with van der Waals surface area (Å²) in [6, 6.07) is -0.999. The second-order valence-electron chi connectivity index (χ2n) is 3.42. The van der Waals surface area contributed by atoms with Crippen LogP contribution in [0.1, 0.15) is 12.8 Å². The number of hydrazine groups is 1. The van der Waals surface area contributed by atoms with Crippen LogP contribution in [0.25, 0.3) is 0 Å². The van der Waals surface area contributed by atoms with E-state index >= 15 is 0 Å². The van der Waals surface area contributed by atoms with Crippen LogP contribution < -0.4 is 22.3 Å². The van der Waals surface area contributed by atoms with Crippen molar-refractivity contribution in [3.05, 3.63) is 0 Å². The van der Waals surface area contributed by atoms with E-state index in [1.54, 1.807) is 0 Å². The summed E-state index contributed by atoms with van der Waals surface area (Å²) in [7, 11) is 0. The molecule has 6 N–H and O–H groups in total. The summed E-state index contributed by atoms with van der Waals surface area (Å²) in [4.78, 5) is 32.8. The Kier molecular flexibility index (Phi) is 7.84. The lowest BCUT2D eigenvalue weighted by Gasteiger charge is -2.14. The number of hydrogen-bond donors (Lipinski definition) is 4. The van der Waals surface area contributed by atoms with Crippen LogP contribution in [-0.2, 0) is 14.3 Å². The first-order valence-electron chi connectivity index (χ1n) is 4.95. The Hall–Kier alpha value is -0.960. The lowest BCUT2D eigenvalue weighted by Crippen LogP contribution is -2.49. The van der Waals surface area contributed by atoms with Gasteiger partial charge in [-0.05, 0) is 6.42 Å². The molecule has 8 nitrogen and oxygen atoms in total. The summed E-state index contributed by atoms with van der Waals surface area (Å²) < 4.78 is 2.71. The van der Waals surface area contributed by atoms with E-state index in [1.807, 2.05) is 10.9 Å². The number of carbonyl (C=O) groups excluding carboxylic acids is 3. The average Bonchev–Trinajstić information content (AvgIpc) is 2.29. The fourth-order valence-electron chi connectivity index (χ4n) is 0.818. The minimum atomic E-state index is -1.75. The summed E-state index contributed by atoms with van der Waals surface area (Å²) in [6.45, 7) is -0.493. The molecule has 0 fully saturated rings. The van der Waals surface area contributed by atoms with Gasteiger partial charge in [0.05, 0.1) is 6.04 Å². The molecule has 0 aromatic rings. The highest BCUT2D eigenvalue weighted by Gasteiger charge is 2.22. The summed E-state index contributed by atoms with van der Waals surface area (Å²) in [5.74, 6) is -1.30. The molecule has 1 atom stereocenters. The van der Waals surface area contributed by atoms with E-state index in [-0.39, 0.29) is 12.8 Å². The Labute approximate surface area is 124 Å². The van der Waals surface area contributed by atoms with Gasteiger partial charge in [0.25, 0.3) is 5.91 Å². The van der Waals surface area contributed by atoms with Gasteiger partial charge < -0.3 is 16.2 Å². The second kappa shape index (κ2) is 8.26. The van der Waals surface area contributed by atoms with Crippen LogP contribution in [0.4, 0.5) is 4.79 Å². The third-order valence-electron chi connectivity index (χ3n) is 1.69. The van der Waals surface area contributed by atoms with Crippen molar-refractivity contribution in [2.75, 3.05) is 6.61 Å². The largest absolute Gasteiger partial charge is 0.444 e. The van der Waals surface area contributed by atoms with Gasteiger partial charge in [0.2, 0.25) is 9.70 Å². The predicted octanol–water partition coefficient (Wildman–Crippen LogP) is -0.293. The zero-order valence-corrected chi connectivity index (χ0v) is 11.9. The molecule has 0 rings (SSSR count). The first kappa shape index (κ1) is 18.0. The van der Waals surface area contributed by atoms with Crippen molar-refractivity contribution >= 4 is 52.7 Å². The summed E-state index contributed by atoms with van der Waals surface area (Å²) >= 11 is 16.0. The highest BCUT2D eigenvalue weighted by atomic mass is 35.6. The van der Waals surface area contributed by atoms with Crippen molar-refractivity contribution in [3.63, 3.8) is 0 Å². The van der Waals surface area contributed by atoms with Gasteiger partial charge in [0, 0.05) is 6.42 Å². The lowest BCUT2D eigenvalue weighted by atomic mass is 10.1. The van der Waals surface area contributed by atoms with Crippen LogP contribution in [-0.4, -0.2) is 34.3 Å². The first-order chi connectivity index (χ1) is 8.61. The number of rotatable bonds is 5. The van der Waals surface area contributed by atoms with E-state index in [1.165, 1.54) is 0 Å². The van der Waals surface area contributed by atoms with Crippen LogP contribution >= 0.6 is 34.8 Å². The van der Waals surface area contributed by atoms with Crippen molar-refractivity contribution in [1.82, 2.24) is 10.9 Å². The monoisotopic (exact) mass is 334 g/mol. The van der Waals surface area contributed by atoms with E-state index in [0.717, 1.165) is 0 Å². The van der Waals surface area contributed by atoms with Crippen molar-refractivity contribution in [2.45, 2.75) is 22.7 Å². The number of hydrogen-bond acceptors (Lipinski definition) is 5. The second-order valence-corrected chi connectivity index (χ2v) is 5.93. The first-order valence-corrected chi connectivity index (χ1v) is 6.08. The number of alkyl halides is 3. The lowest BCUT2D eigenvalue weighted by molar-refractivity contribution is -0.123. The van der Waals surface area contributed by atoms with Gasteiger partial charge in [0.1, 0.15) is 6.61 Å². The van der Waals surface area contributed by atoms with E-state index in [2.05, 4.69) is 4.74 Å². The molecule has 0 aromatic heterocycles. The van der Waals surface area contributed by atoms with Crippen molar-refractivity contribution < 1.29 is 19.1 Å². The topological polar surface area (TPSA) is 137 Å². The Morgan fingerprint density at radius 3 is 2.26 bits per heavy atom. The van der Waals surface area contributed by atoms with Gasteiger partial charge in [0.15, 0.2) is 0 Å². The summed E-state index contributed by atoms with van der Waals surface area (Å²) in [5.41, 5.74) is 14.2.